The molecule has 0 aliphatic carbocycles. The molecule has 0 unspecified atom stereocenters. The van der Waals surface area contributed by atoms with E-state index in [9.17, 15) is 2.74 Å². The van der Waals surface area contributed by atoms with Crippen LogP contribution in [0.15, 0.2) is 223 Å². The first-order chi connectivity index (χ1) is 34.0. The van der Waals surface area contributed by atoms with Gasteiger partial charge >= 0.3 is 0 Å². The van der Waals surface area contributed by atoms with Crippen molar-refractivity contribution in [1.29, 1.82) is 0 Å². The van der Waals surface area contributed by atoms with Gasteiger partial charge in [0.1, 0.15) is 11.2 Å². The first-order valence-corrected chi connectivity index (χ1v) is 20.2. The molecule has 0 aliphatic rings. The summed E-state index contributed by atoms with van der Waals surface area (Å²) in [5, 5.41) is 1.78. The molecule has 0 fully saturated rings. The van der Waals surface area contributed by atoms with Crippen LogP contribution in [0.2, 0.25) is 0 Å². The third kappa shape index (κ3) is 6.06. The number of rotatable bonds is 7. The van der Waals surface area contributed by atoms with Gasteiger partial charge in [0.15, 0.2) is 17.5 Å². The van der Waals surface area contributed by atoms with Gasteiger partial charge in [-0.15, -0.1) is 0 Å². The Morgan fingerprint density at radius 2 is 0.887 bits per heavy atom. The van der Waals surface area contributed by atoms with Crippen LogP contribution in [-0.2, 0) is 0 Å². The summed E-state index contributed by atoms with van der Waals surface area (Å²) >= 11 is 0. The van der Waals surface area contributed by atoms with Crippen molar-refractivity contribution in [2.75, 3.05) is 0 Å². The Hall–Kier alpha value is -8.41. The molecule has 0 amide bonds. The molecule has 0 spiro atoms. The molecule has 290 valence electrons. The average Bonchev–Trinajstić information content (AvgIpc) is 3.98. The summed E-state index contributed by atoms with van der Waals surface area (Å²) in [7, 11) is 0. The van der Waals surface area contributed by atoms with E-state index in [-0.39, 0.29) is 27.6 Å². The lowest BCUT2D eigenvalue weighted by Gasteiger charge is -2.16. The summed E-state index contributed by atoms with van der Waals surface area (Å²) in [4.78, 5) is 15.3. The van der Waals surface area contributed by atoms with E-state index < -0.39 is 48.3 Å². The second kappa shape index (κ2) is 14.7. The Kier molecular flexibility index (Phi) is 6.67. The van der Waals surface area contributed by atoms with Crippen molar-refractivity contribution in [3.05, 3.63) is 218 Å². The number of hydrogen-bond acceptors (Lipinski definition) is 4. The molecule has 0 saturated carbocycles. The number of para-hydroxylation sites is 3. The zero-order valence-electron chi connectivity index (χ0n) is 40.9. The van der Waals surface area contributed by atoms with Crippen LogP contribution >= 0.6 is 0 Å². The standard InChI is InChI=1S/C57H36N4O/c1-4-15-37(16-5-1)38-27-29-41(30-28-38)56-58-55(40-19-8-3-9-20-40)59-57(60-56)49-36-42(31-33-52(49)61-50-25-12-10-21-45(50)46-22-11-13-26-51(46)61)43-32-34-53-48(35-43)47-24-14-23-44(54(47)62-53)39-17-6-2-7-18-39/h1-36H/i10D,11D,12D,13D,21D,22D,25D,26D. The van der Waals surface area contributed by atoms with Crippen LogP contribution in [0.3, 0.4) is 0 Å². The van der Waals surface area contributed by atoms with Crippen LogP contribution < -0.4 is 0 Å². The van der Waals surface area contributed by atoms with Gasteiger partial charge in [-0.25, -0.2) is 15.0 Å². The Morgan fingerprint density at radius 1 is 0.371 bits per heavy atom. The fraction of sp³-hybridized carbons (Fsp3) is 0. The van der Waals surface area contributed by atoms with Crippen molar-refractivity contribution in [3.8, 4) is 73.2 Å². The highest BCUT2D eigenvalue weighted by Gasteiger charge is 2.21. The smallest absolute Gasteiger partial charge is 0.166 e. The van der Waals surface area contributed by atoms with Gasteiger partial charge in [0.05, 0.1) is 27.7 Å². The maximum absolute atomic E-state index is 9.34. The molecular weight excluding hydrogens is 757 g/mol. The zero-order valence-corrected chi connectivity index (χ0v) is 32.9. The monoisotopic (exact) mass is 800 g/mol. The third-order valence-corrected chi connectivity index (χ3v) is 11.3. The number of aromatic nitrogens is 4. The van der Waals surface area contributed by atoms with Crippen LogP contribution in [0.25, 0.3) is 117 Å². The topological polar surface area (TPSA) is 56.7 Å². The molecule has 9 aromatic carbocycles. The second-order valence-electron chi connectivity index (χ2n) is 15.0. The largest absolute Gasteiger partial charge is 0.455 e. The lowest BCUT2D eigenvalue weighted by Crippen LogP contribution is -2.04. The maximum atomic E-state index is 9.34. The van der Waals surface area contributed by atoms with Crippen molar-refractivity contribution in [2.24, 2.45) is 0 Å². The number of benzene rings is 9. The number of furan rings is 1. The summed E-state index contributed by atoms with van der Waals surface area (Å²) < 4.78 is 80.0. The second-order valence-corrected chi connectivity index (χ2v) is 15.0. The van der Waals surface area contributed by atoms with Gasteiger partial charge < -0.3 is 8.98 Å². The van der Waals surface area contributed by atoms with Crippen molar-refractivity contribution in [2.45, 2.75) is 0 Å². The predicted molar refractivity (Wildman–Crippen MR) is 254 cm³/mol. The molecule has 0 saturated heterocycles. The van der Waals surface area contributed by atoms with E-state index in [1.54, 1.807) is 6.07 Å². The minimum absolute atomic E-state index is 0.0171. The van der Waals surface area contributed by atoms with E-state index in [1.807, 2.05) is 146 Å². The van der Waals surface area contributed by atoms with Crippen LogP contribution in [0.5, 0.6) is 0 Å². The molecule has 12 rings (SSSR count). The van der Waals surface area contributed by atoms with Crippen LogP contribution in [0.4, 0.5) is 0 Å². The number of nitrogens with zero attached hydrogens (tertiary/aromatic N) is 4. The van der Waals surface area contributed by atoms with Crippen molar-refractivity contribution in [1.82, 2.24) is 19.5 Å². The van der Waals surface area contributed by atoms with Crippen molar-refractivity contribution in [3.63, 3.8) is 0 Å². The van der Waals surface area contributed by atoms with Gasteiger partial charge in [-0.05, 0) is 64.2 Å². The molecule has 3 aromatic heterocycles. The van der Waals surface area contributed by atoms with E-state index >= 15 is 0 Å². The fourth-order valence-electron chi connectivity index (χ4n) is 8.36. The highest BCUT2D eigenvalue weighted by molar-refractivity contribution is 6.11. The zero-order chi connectivity index (χ0) is 47.9. The van der Waals surface area contributed by atoms with Crippen LogP contribution in [-0.4, -0.2) is 19.5 Å². The Bertz CT molecular complexity index is 4010. The SMILES string of the molecule is [2H]c1c([2H])c([2H])c2c(c1[2H])c1c([2H])c([2H])c([2H])c([2H])c1n2-c1ccc(-c2ccc3oc4c(-c5ccccc5)cccc4c3c2)cc1-c1nc(-c2ccccc2)nc(-c2ccc(-c3ccccc3)cc2)n1. The van der Waals surface area contributed by atoms with Gasteiger partial charge in [0.25, 0.3) is 0 Å². The predicted octanol–water partition coefficient (Wildman–Crippen LogP) is 14.9. The molecule has 5 nitrogen and oxygen atoms in total. The highest BCUT2D eigenvalue weighted by Crippen LogP contribution is 2.41. The summed E-state index contributed by atoms with van der Waals surface area (Å²) in [5.41, 5.74) is 9.23. The van der Waals surface area contributed by atoms with Crippen molar-refractivity contribution < 1.29 is 15.4 Å². The summed E-state index contributed by atoms with van der Waals surface area (Å²) in [6.45, 7) is 0. The molecule has 0 aliphatic heterocycles. The molecule has 12 aromatic rings. The minimum Gasteiger partial charge on any atom is -0.455 e. The normalized spacial score (nSPS) is 13.4. The van der Waals surface area contributed by atoms with E-state index in [4.69, 9.17) is 27.6 Å². The van der Waals surface area contributed by atoms with E-state index in [1.165, 1.54) is 4.57 Å². The molecule has 0 bridgehead atoms. The third-order valence-electron chi connectivity index (χ3n) is 11.3. The van der Waals surface area contributed by atoms with Gasteiger partial charge in [0.2, 0.25) is 0 Å². The number of hydrogen-bond donors (Lipinski definition) is 0. The molecule has 5 heteroatoms. The van der Waals surface area contributed by atoms with E-state index in [0.29, 0.717) is 34.0 Å². The quantitative estimate of drug-likeness (QED) is 0.161. The number of fused-ring (bicyclic) bond motifs is 6. The maximum Gasteiger partial charge on any atom is 0.166 e. The minimum atomic E-state index is -0.523. The highest BCUT2D eigenvalue weighted by atomic mass is 16.3. The van der Waals surface area contributed by atoms with Gasteiger partial charge in [-0.3, -0.25) is 0 Å². The van der Waals surface area contributed by atoms with E-state index in [0.717, 1.165) is 55.3 Å². The molecule has 0 radical (unpaired) electrons. The molecule has 3 heterocycles. The van der Waals surface area contributed by atoms with E-state index in [2.05, 4.69) is 18.2 Å². The Labute approximate surface area is 369 Å². The summed E-state index contributed by atoms with van der Waals surface area (Å²) in [6.07, 6.45) is 0. The molecular formula is C57H36N4O. The lowest BCUT2D eigenvalue weighted by atomic mass is 9.98. The molecule has 0 N–H and O–H groups in total. The van der Waals surface area contributed by atoms with Gasteiger partial charge in [-0.1, -0.05) is 182 Å². The fourth-order valence-corrected chi connectivity index (χ4v) is 8.36. The molecule has 0 atom stereocenters. The Balaban J connectivity index is 1.15. The van der Waals surface area contributed by atoms with Crippen LogP contribution in [0.1, 0.15) is 11.0 Å². The molecule has 62 heavy (non-hydrogen) atoms. The summed E-state index contributed by atoms with van der Waals surface area (Å²) in [6, 6.07) is 51.5. The first-order valence-electron chi connectivity index (χ1n) is 24.2. The average molecular weight is 801 g/mol. The lowest BCUT2D eigenvalue weighted by molar-refractivity contribution is 0.670. The summed E-state index contributed by atoms with van der Waals surface area (Å²) in [5.74, 6) is 0.953. The van der Waals surface area contributed by atoms with Gasteiger partial charge in [-0.2, -0.15) is 0 Å². The van der Waals surface area contributed by atoms with Gasteiger partial charge in [0, 0.05) is 43.8 Å². The van der Waals surface area contributed by atoms with Crippen molar-refractivity contribution >= 4 is 43.7 Å². The van der Waals surface area contributed by atoms with Crippen LogP contribution in [0, 0.1) is 0 Å². The first kappa shape index (κ1) is 28.1. The Morgan fingerprint density at radius 3 is 1.56 bits per heavy atom.